The summed E-state index contributed by atoms with van der Waals surface area (Å²) in [7, 11) is 0. The van der Waals surface area contributed by atoms with Crippen LogP contribution in [-0.2, 0) is 0 Å². The van der Waals surface area contributed by atoms with Gasteiger partial charge in [-0.25, -0.2) is 0 Å². The fourth-order valence-corrected chi connectivity index (χ4v) is 2.19. The molecule has 3 heteroatoms. The molecule has 0 aromatic carbocycles. The van der Waals surface area contributed by atoms with Gasteiger partial charge in [-0.1, -0.05) is 33.1 Å². The minimum atomic E-state index is 0.283. The Morgan fingerprint density at radius 1 is 1.40 bits per heavy atom. The van der Waals surface area contributed by atoms with Crippen molar-refractivity contribution in [2.75, 3.05) is 13.1 Å². The van der Waals surface area contributed by atoms with E-state index in [9.17, 15) is 0 Å². The van der Waals surface area contributed by atoms with Gasteiger partial charge in [-0.3, -0.25) is 4.99 Å². The number of unbranched alkanes of at least 4 members (excludes halogenated alkanes) is 2. The topological polar surface area (TPSA) is 50.4 Å². The highest BCUT2D eigenvalue weighted by atomic mass is 15.1. The highest BCUT2D eigenvalue weighted by Crippen LogP contribution is 2.15. The highest BCUT2D eigenvalue weighted by molar-refractivity contribution is 5.86. The summed E-state index contributed by atoms with van der Waals surface area (Å²) in [6.07, 6.45) is 6.04. The molecule has 2 atom stereocenters. The van der Waals surface area contributed by atoms with Gasteiger partial charge < -0.3 is 11.1 Å². The Morgan fingerprint density at radius 3 is 2.73 bits per heavy atom. The molecule has 0 spiro atoms. The minimum absolute atomic E-state index is 0.283. The molecule has 3 nitrogen and oxygen atoms in total. The maximum Gasteiger partial charge on any atom is 0.101 e. The highest BCUT2D eigenvalue weighted by Gasteiger charge is 2.22. The molecule has 0 bridgehead atoms. The molecule has 1 rings (SSSR count). The molecule has 0 fully saturated rings. The van der Waals surface area contributed by atoms with Crippen LogP contribution in [0.4, 0.5) is 0 Å². The number of aliphatic imine (C=N–C) groups is 1. The molecule has 0 saturated carbocycles. The molecule has 0 aromatic heterocycles. The number of rotatable bonds is 7. The Balaban J connectivity index is 2.36. The van der Waals surface area contributed by atoms with Crippen LogP contribution in [0.5, 0.6) is 0 Å². The molecular formula is C12H25N3. The van der Waals surface area contributed by atoms with E-state index in [-0.39, 0.29) is 6.04 Å². The van der Waals surface area contributed by atoms with Gasteiger partial charge >= 0.3 is 0 Å². The van der Waals surface area contributed by atoms with E-state index in [1.54, 1.807) is 0 Å². The third kappa shape index (κ3) is 3.82. The Labute approximate surface area is 93.5 Å². The summed E-state index contributed by atoms with van der Waals surface area (Å²) in [5.41, 5.74) is 6.23. The lowest BCUT2D eigenvalue weighted by Gasteiger charge is -2.22. The van der Waals surface area contributed by atoms with E-state index in [1.165, 1.54) is 19.3 Å². The second-order valence-electron chi connectivity index (χ2n) is 4.37. The van der Waals surface area contributed by atoms with E-state index in [4.69, 9.17) is 5.73 Å². The fourth-order valence-electron chi connectivity index (χ4n) is 2.19. The van der Waals surface area contributed by atoms with Crippen LogP contribution in [0.1, 0.15) is 46.0 Å². The second kappa shape index (κ2) is 6.83. The summed E-state index contributed by atoms with van der Waals surface area (Å²) in [5, 5.41) is 3.35. The normalized spacial score (nSPS) is 19.5. The van der Waals surface area contributed by atoms with Crippen molar-refractivity contribution in [2.24, 2.45) is 16.6 Å². The third-order valence-corrected chi connectivity index (χ3v) is 3.15. The van der Waals surface area contributed by atoms with Gasteiger partial charge in [-0.2, -0.15) is 0 Å². The smallest absolute Gasteiger partial charge is 0.101 e. The van der Waals surface area contributed by atoms with Crippen molar-refractivity contribution in [3.05, 3.63) is 0 Å². The van der Waals surface area contributed by atoms with Gasteiger partial charge in [0.15, 0.2) is 0 Å². The van der Waals surface area contributed by atoms with Gasteiger partial charge in [0.05, 0.1) is 6.54 Å². The number of nitrogens with zero attached hydrogens (tertiary/aromatic N) is 1. The number of nitrogens with two attached hydrogens (primary N) is 1. The molecule has 2 unspecified atom stereocenters. The van der Waals surface area contributed by atoms with Crippen molar-refractivity contribution < 1.29 is 0 Å². The molecule has 0 aromatic rings. The molecule has 15 heavy (non-hydrogen) atoms. The van der Waals surface area contributed by atoms with Gasteiger partial charge in [0.25, 0.3) is 0 Å². The van der Waals surface area contributed by atoms with Crippen LogP contribution in [0.2, 0.25) is 0 Å². The molecule has 1 heterocycles. The Kier molecular flexibility index (Phi) is 5.69. The van der Waals surface area contributed by atoms with Crippen LogP contribution >= 0.6 is 0 Å². The summed E-state index contributed by atoms with van der Waals surface area (Å²) in [4.78, 5) is 4.48. The molecule has 88 valence electrons. The number of nitrogens with one attached hydrogen (secondary N) is 1. The van der Waals surface area contributed by atoms with Gasteiger partial charge in [0, 0.05) is 18.5 Å². The van der Waals surface area contributed by atoms with Crippen LogP contribution in [0, 0.1) is 5.92 Å². The van der Waals surface area contributed by atoms with Crippen molar-refractivity contribution in [2.45, 2.75) is 52.0 Å². The first kappa shape index (κ1) is 12.5. The first-order valence-electron chi connectivity index (χ1n) is 6.33. The van der Waals surface area contributed by atoms with Gasteiger partial charge in [-0.15, -0.1) is 0 Å². The summed E-state index contributed by atoms with van der Waals surface area (Å²) in [5.74, 6) is 1.60. The zero-order valence-electron chi connectivity index (χ0n) is 10.1. The zero-order chi connectivity index (χ0) is 11.1. The van der Waals surface area contributed by atoms with Crippen LogP contribution in [0.3, 0.4) is 0 Å². The van der Waals surface area contributed by atoms with E-state index in [1.807, 2.05) is 0 Å². The molecule has 1 aliphatic heterocycles. The van der Waals surface area contributed by atoms with E-state index in [0.717, 1.165) is 31.8 Å². The third-order valence-electron chi connectivity index (χ3n) is 3.15. The molecule has 0 radical (unpaired) electrons. The lowest BCUT2D eigenvalue weighted by atomic mass is 9.92. The minimum Gasteiger partial charge on any atom is -0.372 e. The molecular weight excluding hydrogens is 186 g/mol. The quantitative estimate of drug-likeness (QED) is 0.632. The second-order valence-corrected chi connectivity index (χ2v) is 4.37. The standard InChI is InChI=1S/C12H25N3/c1-3-5-6-7-11(13)10(4-2)12-14-8-9-15-12/h10-11H,3-9,13H2,1-2H3,(H,14,15). The molecule has 0 saturated heterocycles. The predicted molar refractivity (Wildman–Crippen MR) is 66.2 cm³/mol. The lowest BCUT2D eigenvalue weighted by molar-refractivity contribution is 0.457. The van der Waals surface area contributed by atoms with Crippen molar-refractivity contribution in [1.82, 2.24) is 5.32 Å². The molecule has 0 amide bonds. The van der Waals surface area contributed by atoms with Crippen molar-refractivity contribution >= 4 is 5.84 Å². The van der Waals surface area contributed by atoms with E-state index >= 15 is 0 Å². The Bertz CT molecular complexity index is 201. The van der Waals surface area contributed by atoms with Crippen LogP contribution in [-0.4, -0.2) is 25.0 Å². The summed E-state index contributed by atoms with van der Waals surface area (Å²) < 4.78 is 0. The lowest BCUT2D eigenvalue weighted by Crippen LogP contribution is -2.39. The maximum atomic E-state index is 6.23. The van der Waals surface area contributed by atoms with Crippen molar-refractivity contribution in [3.63, 3.8) is 0 Å². The summed E-state index contributed by atoms with van der Waals surface area (Å²) in [6, 6.07) is 0.283. The average molecular weight is 211 g/mol. The van der Waals surface area contributed by atoms with E-state index in [0.29, 0.717) is 5.92 Å². The monoisotopic (exact) mass is 211 g/mol. The summed E-state index contributed by atoms with van der Waals surface area (Å²) in [6.45, 7) is 6.35. The fraction of sp³-hybridized carbons (Fsp3) is 0.917. The van der Waals surface area contributed by atoms with Crippen LogP contribution in [0.25, 0.3) is 0 Å². The van der Waals surface area contributed by atoms with E-state index < -0.39 is 0 Å². The Morgan fingerprint density at radius 2 is 2.20 bits per heavy atom. The summed E-state index contributed by atoms with van der Waals surface area (Å²) >= 11 is 0. The average Bonchev–Trinajstić information content (AvgIpc) is 2.73. The maximum absolute atomic E-state index is 6.23. The van der Waals surface area contributed by atoms with Gasteiger partial charge in [0.2, 0.25) is 0 Å². The van der Waals surface area contributed by atoms with E-state index in [2.05, 4.69) is 24.2 Å². The zero-order valence-corrected chi connectivity index (χ0v) is 10.1. The van der Waals surface area contributed by atoms with Gasteiger partial charge in [-0.05, 0) is 12.8 Å². The number of hydrogen-bond acceptors (Lipinski definition) is 3. The largest absolute Gasteiger partial charge is 0.372 e. The van der Waals surface area contributed by atoms with Crippen molar-refractivity contribution in [1.29, 1.82) is 0 Å². The first-order valence-corrected chi connectivity index (χ1v) is 6.33. The van der Waals surface area contributed by atoms with Crippen LogP contribution < -0.4 is 11.1 Å². The van der Waals surface area contributed by atoms with Crippen LogP contribution in [0.15, 0.2) is 4.99 Å². The number of hydrogen-bond donors (Lipinski definition) is 2. The van der Waals surface area contributed by atoms with Gasteiger partial charge in [0.1, 0.15) is 5.84 Å². The van der Waals surface area contributed by atoms with Crippen molar-refractivity contribution in [3.8, 4) is 0 Å². The molecule has 3 N–H and O–H groups in total. The Hall–Kier alpha value is -0.570. The SMILES string of the molecule is CCCCCC(N)C(CC)C1=NCCN1. The predicted octanol–water partition coefficient (Wildman–Crippen LogP) is 1.92. The molecule has 1 aliphatic rings. The molecule has 0 aliphatic carbocycles. The number of amidine groups is 1. The first-order chi connectivity index (χ1) is 7.29.